The summed E-state index contributed by atoms with van der Waals surface area (Å²) < 4.78 is 38.0. The SMILES string of the molecule is C[C@@H]1CCCC[C@H]1NC(=O)C1CCN(C(=O)c2ccc(C(F)(F)F)cc2)CC1. The molecule has 0 radical (unpaired) electrons. The number of alkyl halides is 3. The van der Waals surface area contributed by atoms with Crippen LogP contribution in [0.4, 0.5) is 13.2 Å². The molecular weight excluding hydrogens is 369 g/mol. The Labute approximate surface area is 163 Å². The Morgan fingerprint density at radius 2 is 1.61 bits per heavy atom. The number of carbonyl (C=O) groups excluding carboxylic acids is 2. The van der Waals surface area contributed by atoms with Gasteiger partial charge >= 0.3 is 6.18 Å². The van der Waals surface area contributed by atoms with Crippen LogP contribution in [0.25, 0.3) is 0 Å². The molecule has 0 unspecified atom stereocenters. The second-order valence-electron chi connectivity index (χ2n) is 8.02. The van der Waals surface area contributed by atoms with Crippen molar-refractivity contribution in [3.63, 3.8) is 0 Å². The van der Waals surface area contributed by atoms with Crippen molar-refractivity contribution in [2.45, 2.75) is 57.7 Å². The van der Waals surface area contributed by atoms with E-state index < -0.39 is 11.7 Å². The Bertz CT molecular complexity index is 695. The molecule has 1 aromatic rings. The molecule has 2 aliphatic rings. The second kappa shape index (κ2) is 8.53. The van der Waals surface area contributed by atoms with Gasteiger partial charge in [0, 0.05) is 30.6 Å². The zero-order valence-electron chi connectivity index (χ0n) is 16.1. The minimum atomic E-state index is -4.41. The molecule has 2 fully saturated rings. The highest BCUT2D eigenvalue weighted by Crippen LogP contribution is 2.30. The number of halogens is 3. The van der Waals surface area contributed by atoms with Gasteiger partial charge in [-0.15, -0.1) is 0 Å². The number of amides is 2. The van der Waals surface area contributed by atoms with Gasteiger partial charge in [-0.25, -0.2) is 0 Å². The van der Waals surface area contributed by atoms with Gasteiger partial charge in [-0.1, -0.05) is 19.8 Å². The fraction of sp³-hybridized carbons (Fsp3) is 0.619. The third-order valence-electron chi connectivity index (χ3n) is 6.05. The topological polar surface area (TPSA) is 49.4 Å². The molecule has 1 heterocycles. The molecule has 28 heavy (non-hydrogen) atoms. The molecule has 1 aromatic carbocycles. The molecule has 7 heteroatoms. The van der Waals surface area contributed by atoms with E-state index in [4.69, 9.17) is 0 Å². The number of benzene rings is 1. The average molecular weight is 396 g/mol. The molecule has 1 saturated carbocycles. The van der Waals surface area contributed by atoms with Gasteiger partial charge < -0.3 is 10.2 Å². The predicted molar refractivity (Wildman–Crippen MR) is 99.6 cm³/mol. The summed E-state index contributed by atoms with van der Waals surface area (Å²) in [6.07, 6.45) is 1.29. The third-order valence-corrected chi connectivity index (χ3v) is 6.05. The van der Waals surface area contributed by atoms with E-state index in [1.807, 2.05) is 0 Å². The van der Waals surface area contributed by atoms with E-state index in [0.29, 0.717) is 31.8 Å². The number of carbonyl (C=O) groups is 2. The van der Waals surface area contributed by atoms with Crippen molar-refractivity contribution in [3.8, 4) is 0 Å². The number of nitrogens with zero attached hydrogens (tertiary/aromatic N) is 1. The first-order valence-corrected chi connectivity index (χ1v) is 10.0. The smallest absolute Gasteiger partial charge is 0.353 e. The quantitative estimate of drug-likeness (QED) is 0.830. The molecule has 1 aliphatic carbocycles. The van der Waals surface area contributed by atoms with Gasteiger partial charge in [-0.2, -0.15) is 13.2 Å². The van der Waals surface area contributed by atoms with Crippen LogP contribution in [0.15, 0.2) is 24.3 Å². The van der Waals surface area contributed by atoms with Crippen molar-refractivity contribution >= 4 is 11.8 Å². The summed E-state index contributed by atoms with van der Waals surface area (Å²) in [5.74, 6) is 0.179. The summed E-state index contributed by atoms with van der Waals surface area (Å²) in [4.78, 5) is 26.7. The van der Waals surface area contributed by atoms with Gasteiger partial charge in [0.25, 0.3) is 5.91 Å². The summed E-state index contributed by atoms with van der Waals surface area (Å²) in [6, 6.07) is 4.54. The molecule has 2 amide bonds. The molecule has 0 aromatic heterocycles. The van der Waals surface area contributed by atoms with Gasteiger partial charge in [0.05, 0.1) is 5.56 Å². The van der Waals surface area contributed by atoms with Crippen LogP contribution < -0.4 is 5.32 Å². The van der Waals surface area contributed by atoms with E-state index in [1.165, 1.54) is 18.6 Å². The van der Waals surface area contributed by atoms with E-state index in [1.54, 1.807) is 4.90 Å². The molecule has 1 aliphatic heterocycles. The maximum atomic E-state index is 12.7. The lowest BCUT2D eigenvalue weighted by Gasteiger charge is -2.34. The summed E-state index contributed by atoms with van der Waals surface area (Å²) in [6.45, 7) is 3.06. The van der Waals surface area contributed by atoms with Crippen molar-refractivity contribution in [1.82, 2.24) is 10.2 Å². The summed E-state index contributed by atoms with van der Waals surface area (Å²) in [5.41, 5.74) is -0.525. The largest absolute Gasteiger partial charge is 0.416 e. The monoisotopic (exact) mass is 396 g/mol. The van der Waals surface area contributed by atoms with E-state index in [-0.39, 0.29) is 29.3 Å². The Morgan fingerprint density at radius 1 is 1.00 bits per heavy atom. The lowest BCUT2D eigenvalue weighted by molar-refractivity contribution is -0.137. The normalized spacial score (nSPS) is 24.1. The first-order chi connectivity index (χ1) is 13.3. The van der Waals surface area contributed by atoms with E-state index in [9.17, 15) is 22.8 Å². The highest BCUT2D eigenvalue weighted by molar-refractivity contribution is 5.94. The van der Waals surface area contributed by atoms with Crippen LogP contribution >= 0.6 is 0 Å². The van der Waals surface area contributed by atoms with Crippen LogP contribution in [0.1, 0.15) is 61.4 Å². The Kier molecular flexibility index (Phi) is 6.30. The number of hydrogen-bond acceptors (Lipinski definition) is 2. The van der Waals surface area contributed by atoms with E-state index in [2.05, 4.69) is 12.2 Å². The fourth-order valence-electron chi connectivity index (χ4n) is 4.16. The summed E-state index contributed by atoms with van der Waals surface area (Å²) >= 11 is 0. The minimum Gasteiger partial charge on any atom is -0.353 e. The first kappa shape index (κ1) is 20.7. The van der Waals surface area contributed by atoms with E-state index in [0.717, 1.165) is 31.4 Å². The molecule has 3 rings (SSSR count). The molecule has 0 bridgehead atoms. The number of nitrogens with one attached hydrogen (secondary N) is 1. The summed E-state index contributed by atoms with van der Waals surface area (Å²) in [7, 11) is 0. The van der Waals surface area contributed by atoms with Crippen molar-refractivity contribution in [1.29, 1.82) is 0 Å². The zero-order chi connectivity index (χ0) is 20.3. The Hall–Kier alpha value is -2.05. The fourth-order valence-corrected chi connectivity index (χ4v) is 4.16. The maximum Gasteiger partial charge on any atom is 0.416 e. The predicted octanol–water partition coefficient (Wildman–Crippen LogP) is 4.25. The zero-order valence-corrected chi connectivity index (χ0v) is 16.1. The lowest BCUT2D eigenvalue weighted by atomic mass is 9.85. The molecule has 4 nitrogen and oxygen atoms in total. The van der Waals surface area contributed by atoms with Gasteiger partial charge in [-0.3, -0.25) is 9.59 Å². The van der Waals surface area contributed by atoms with Crippen molar-refractivity contribution in [2.75, 3.05) is 13.1 Å². The lowest BCUT2D eigenvalue weighted by Crippen LogP contribution is -2.47. The van der Waals surface area contributed by atoms with Gasteiger partial charge in [0.2, 0.25) is 5.91 Å². The number of piperidine rings is 1. The van der Waals surface area contributed by atoms with Gasteiger partial charge in [-0.05, 0) is 55.9 Å². The van der Waals surface area contributed by atoms with Crippen LogP contribution in [-0.2, 0) is 11.0 Å². The maximum absolute atomic E-state index is 12.7. The standard InChI is InChI=1S/C21H27F3N2O2/c1-14-4-2-3-5-18(14)25-19(27)15-10-12-26(13-11-15)20(28)16-6-8-17(9-7-16)21(22,23)24/h6-9,14-15,18H,2-5,10-13H2,1H3,(H,25,27)/t14-,18-/m1/s1. The Morgan fingerprint density at radius 3 is 2.18 bits per heavy atom. The van der Waals surface area contributed by atoms with Crippen molar-refractivity contribution < 1.29 is 22.8 Å². The Balaban J connectivity index is 1.51. The van der Waals surface area contributed by atoms with Gasteiger partial charge in [0.1, 0.15) is 0 Å². The van der Waals surface area contributed by atoms with Crippen molar-refractivity contribution in [3.05, 3.63) is 35.4 Å². The highest BCUT2D eigenvalue weighted by Gasteiger charge is 2.32. The first-order valence-electron chi connectivity index (χ1n) is 10.0. The van der Waals surface area contributed by atoms with Crippen LogP contribution in [0.3, 0.4) is 0 Å². The third kappa shape index (κ3) is 4.86. The highest BCUT2D eigenvalue weighted by atomic mass is 19.4. The van der Waals surface area contributed by atoms with Crippen LogP contribution in [0.2, 0.25) is 0 Å². The minimum absolute atomic E-state index is 0.0698. The number of likely N-dealkylation sites (tertiary alicyclic amines) is 1. The van der Waals surface area contributed by atoms with Crippen molar-refractivity contribution in [2.24, 2.45) is 11.8 Å². The van der Waals surface area contributed by atoms with Gasteiger partial charge in [0.15, 0.2) is 0 Å². The van der Waals surface area contributed by atoms with E-state index >= 15 is 0 Å². The average Bonchev–Trinajstić information content (AvgIpc) is 2.69. The van der Waals surface area contributed by atoms with Crippen LogP contribution in [0.5, 0.6) is 0 Å². The molecule has 154 valence electrons. The molecular formula is C21H27F3N2O2. The molecule has 2 atom stereocenters. The molecule has 1 saturated heterocycles. The summed E-state index contributed by atoms with van der Waals surface area (Å²) in [5, 5.41) is 3.19. The van der Waals surface area contributed by atoms with Crippen LogP contribution in [-0.4, -0.2) is 35.8 Å². The molecule has 0 spiro atoms. The second-order valence-corrected chi connectivity index (χ2v) is 8.02. The molecule has 1 N–H and O–H groups in total. The number of rotatable bonds is 3. The number of hydrogen-bond donors (Lipinski definition) is 1. The van der Waals surface area contributed by atoms with Crippen LogP contribution in [0, 0.1) is 11.8 Å².